The zero-order valence-electron chi connectivity index (χ0n) is 16.2. The number of carbonyl (C=O) groups excluding carboxylic acids is 1. The van der Waals surface area contributed by atoms with E-state index in [-0.39, 0.29) is 36.4 Å². The number of amides is 1. The van der Waals surface area contributed by atoms with E-state index in [0.717, 1.165) is 0 Å². The van der Waals surface area contributed by atoms with Crippen molar-refractivity contribution in [3.8, 4) is 0 Å². The summed E-state index contributed by atoms with van der Waals surface area (Å²) < 4.78 is 28.2. The summed E-state index contributed by atoms with van der Waals surface area (Å²) in [6, 6.07) is 7.27. The van der Waals surface area contributed by atoms with Crippen LogP contribution in [-0.2, 0) is 26.2 Å². The number of pyridine rings is 2. The molecule has 1 amide bonds. The highest BCUT2D eigenvalue weighted by molar-refractivity contribution is 7.92. The van der Waals surface area contributed by atoms with Crippen LogP contribution in [0.4, 0.5) is 5.69 Å². The molecule has 2 heterocycles. The molecule has 6 N–H and O–H groups in total. The van der Waals surface area contributed by atoms with Crippen molar-refractivity contribution in [1.82, 2.24) is 14.9 Å². The number of hydrogen-bond donors (Lipinski definition) is 4. The van der Waals surface area contributed by atoms with E-state index < -0.39 is 21.5 Å². The van der Waals surface area contributed by atoms with Gasteiger partial charge in [0.2, 0.25) is 11.9 Å². The zero-order chi connectivity index (χ0) is 22.1. The van der Waals surface area contributed by atoms with Gasteiger partial charge < -0.3 is 26.2 Å². The Kier molecular flexibility index (Phi) is 7.75. The normalized spacial score (nSPS) is 10.8. The number of hydrogen-bond acceptors (Lipinski definition) is 7. The number of aromatic nitrogens is 2. The Morgan fingerprint density at radius 2 is 2.03 bits per heavy atom. The van der Waals surface area contributed by atoms with Crippen molar-refractivity contribution in [2.24, 2.45) is 16.6 Å². The van der Waals surface area contributed by atoms with Crippen molar-refractivity contribution >= 4 is 27.6 Å². The van der Waals surface area contributed by atoms with Crippen molar-refractivity contribution in [3.05, 3.63) is 52.6 Å². The summed E-state index contributed by atoms with van der Waals surface area (Å²) >= 11 is 0. The van der Waals surface area contributed by atoms with Gasteiger partial charge in [-0.1, -0.05) is 6.07 Å². The van der Waals surface area contributed by atoms with Crippen LogP contribution in [-0.4, -0.2) is 43.0 Å². The number of sulfonamides is 1. The lowest BCUT2D eigenvalue weighted by Gasteiger charge is -2.13. The first-order valence-corrected chi connectivity index (χ1v) is 10.3. The van der Waals surface area contributed by atoms with Gasteiger partial charge in [-0.25, -0.2) is 4.98 Å². The molecule has 0 aliphatic heterocycles. The Morgan fingerprint density at radius 1 is 1.27 bits per heavy atom. The maximum absolute atomic E-state index is 12.7. The first-order valence-electron chi connectivity index (χ1n) is 8.82. The van der Waals surface area contributed by atoms with Crippen LogP contribution >= 0.6 is 0 Å². The standard InChI is InChI=1S/C17H23N7O5S/c1-12-6-7-13(23-30(27,28)15-5-2-3-8-21-15)16(26)24(12)11-14(25)20-9-4-10-29-22-17(18)19/h2-3,5-8,23H,4,9-11H2,1H3,(H,20,25)(H4,18,19,22). The molecule has 0 radical (unpaired) electrons. The molecule has 162 valence electrons. The van der Waals surface area contributed by atoms with Crippen LogP contribution in [0.1, 0.15) is 12.1 Å². The summed E-state index contributed by atoms with van der Waals surface area (Å²) in [4.78, 5) is 33.4. The van der Waals surface area contributed by atoms with Gasteiger partial charge in [-0.2, -0.15) is 8.42 Å². The average molecular weight is 437 g/mol. The minimum atomic E-state index is -4.04. The lowest BCUT2D eigenvalue weighted by atomic mass is 10.3. The van der Waals surface area contributed by atoms with Crippen LogP contribution in [0.5, 0.6) is 0 Å². The van der Waals surface area contributed by atoms with Crippen LogP contribution in [0.25, 0.3) is 0 Å². The highest BCUT2D eigenvalue weighted by Gasteiger charge is 2.18. The van der Waals surface area contributed by atoms with Crippen LogP contribution in [0, 0.1) is 6.92 Å². The number of rotatable bonds is 10. The Balaban J connectivity index is 2.03. The van der Waals surface area contributed by atoms with Gasteiger partial charge >= 0.3 is 0 Å². The second kappa shape index (κ2) is 10.2. The number of nitrogens with two attached hydrogens (primary N) is 2. The van der Waals surface area contributed by atoms with Gasteiger partial charge in [0.1, 0.15) is 18.8 Å². The van der Waals surface area contributed by atoms with E-state index in [0.29, 0.717) is 12.1 Å². The molecular formula is C17H23N7O5S. The van der Waals surface area contributed by atoms with E-state index in [2.05, 4.69) is 20.2 Å². The molecule has 2 rings (SSSR count). The molecule has 12 nitrogen and oxygen atoms in total. The number of anilines is 1. The molecule has 0 bridgehead atoms. The largest absolute Gasteiger partial charge is 0.393 e. The van der Waals surface area contributed by atoms with Gasteiger partial charge in [-0.15, -0.1) is 0 Å². The first kappa shape index (κ1) is 22.7. The smallest absolute Gasteiger partial charge is 0.279 e. The highest BCUT2D eigenvalue weighted by atomic mass is 32.2. The van der Waals surface area contributed by atoms with Gasteiger partial charge in [-0.05, 0) is 36.3 Å². The summed E-state index contributed by atoms with van der Waals surface area (Å²) in [5.41, 5.74) is 9.87. The van der Waals surface area contributed by atoms with E-state index in [1.165, 1.54) is 35.0 Å². The molecule has 0 spiro atoms. The Bertz CT molecular complexity index is 1060. The first-order chi connectivity index (χ1) is 14.2. The number of nitrogens with one attached hydrogen (secondary N) is 2. The molecule has 30 heavy (non-hydrogen) atoms. The van der Waals surface area contributed by atoms with Gasteiger partial charge in [0.15, 0.2) is 5.03 Å². The molecule has 0 aliphatic carbocycles. The van der Waals surface area contributed by atoms with Gasteiger partial charge in [-0.3, -0.25) is 14.3 Å². The molecule has 0 saturated carbocycles. The fraction of sp³-hybridized carbons (Fsp3) is 0.294. The summed E-state index contributed by atoms with van der Waals surface area (Å²) in [5.74, 6) is -0.626. The van der Waals surface area contributed by atoms with Gasteiger partial charge in [0.05, 0.1) is 0 Å². The van der Waals surface area contributed by atoms with Crippen molar-refractivity contribution in [2.75, 3.05) is 17.9 Å². The molecule has 13 heteroatoms. The molecule has 0 aliphatic rings. The Morgan fingerprint density at radius 3 is 2.70 bits per heavy atom. The third-order valence-corrected chi connectivity index (χ3v) is 5.04. The molecule has 0 atom stereocenters. The predicted octanol–water partition coefficient (Wildman–Crippen LogP) is -0.936. The maximum Gasteiger partial charge on any atom is 0.279 e. The fourth-order valence-electron chi connectivity index (χ4n) is 2.33. The minimum absolute atomic E-state index is 0.190. The molecule has 2 aromatic rings. The van der Waals surface area contributed by atoms with Crippen molar-refractivity contribution in [3.63, 3.8) is 0 Å². The third kappa shape index (κ3) is 6.48. The van der Waals surface area contributed by atoms with Crippen LogP contribution < -0.4 is 27.1 Å². The van der Waals surface area contributed by atoms with Crippen LogP contribution in [0.2, 0.25) is 0 Å². The SMILES string of the molecule is Cc1ccc(NS(=O)(=O)c2ccccn2)c(=O)n1CC(=O)NCCCON=C(N)N. The molecule has 2 aromatic heterocycles. The zero-order valence-corrected chi connectivity index (χ0v) is 17.1. The van der Waals surface area contributed by atoms with Crippen molar-refractivity contribution in [1.29, 1.82) is 0 Å². The topological polar surface area (TPSA) is 184 Å². The van der Waals surface area contributed by atoms with Crippen LogP contribution in [0.15, 0.2) is 51.5 Å². The molecule has 0 unspecified atom stereocenters. The maximum atomic E-state index is 12.7. The summed E-state index contributed by atoms with van der Waals surface area (Å²) in [5, 5.41) is 5.75. The predicted molar refractivity (Wildman–Crippen MR) is 110 cm³/mol. The minimum Gasteiger partial charge on any atom is -0.393 e. The summed E-state index contributed by atoms with van der Waals surface area (Å²) in [7, 11) is -4.04. The second-order valence-electron chi connectivity index (χ2n) is 6.11. The number of nitrogens with zero attached hydrogens (tertiary/aromatic N) is 3. The van der Waals surface area contributed by atoms with Crippen LogP contribution in [0.3, 0.4) is 0 Å². The van der Waals surface area contributed by atoms with E-state index >= 15 is 0 Å². The fourth-order valence-corrected chi connectivity index (χ4v) is 3.34. The summed E-state index contributed by atoms with van der Waals surface area (Å²) in [6.45, 7) is 1.83. The van der Waals surface area contributed by atoms with E-state index in [1.807, 2.05) is 0 Å². The highest BCUT2D eigenvalue weighted by Crippen LogP contribution is 2.11. The molecular weight excluding hydrogens is 414 g/mol. The van der Waals surface area contributed by atoms with Gasteiger partial charge in [0.25, 0.3) is 15.6 Å². The Hall–Kier alpha value is -3.61. The van der Waals surface area contributed by atoms with E-state index in [4.69, 9.17) is 16.3 Å². The third-order valence-electron chi connectivity index (χ3n) is 3.76. The monoisotopic (exact) mass is 437 g/mol. The average Bonchev–Trinajstić information content (AvgIpc) is 2.70. The number of oxime groups is 1. The molecule has 0 aromatic carbocycles. The Labute approximate surface area is 173 Å². The summed E-state index contributed by atoms with van der Waals surface area (Å²) in [6.07, 6.45) is 1.77. The molecule has 0 fully saturated rings. The number of guanidine groups is 1. The number of carbonyl (C=O) groups is 1. The van der Waals surface area contributed by atoms with Gasteiger partial charge in [0, 0.05) is 24.9 Å². The molecule has 0 saturated heterocycles. The second-order valence-corrected chi connectivity index (χ2v) is 7.74. The lowest BCUT2D eigenvalue weighted by Crippen LogP contribution is -2.35. The quantitative estimate of drug-likeness (QED) is 0.159. The van der Waals surface area contributed by atoms with E-state index in [9.17, 15) is 18.0 Å². The van der Waals surface area contributed by atoms with Crippen molar-refractivity contribution < 1.29 is 18.0 Å². The number of aryl methyl sites for hydroxylation is 1. The lowest BCUT2D eigenvalue weighted by molar-refractivity contribution is -0.121. The van der Waals surface area contributed by atoms with E-state index in [1.54, 1.807) is 13.0 Å². The van der Waals surface area contributed by atoms with Crippen molar-refractivity contribution in [2.45, 2.75) is 24.9 Å².